The van der Waals surface area contributed by atoms with Gasteiger partial charge in [-0.2, -0.15) is 0 Å². The number of carboxylic acids is 1. The fourth-order valence-electron chi connectivity index (χ4n) is 2.14. The summed E-state index contributed by atoms with van der Waals surface area (Å²) in [4.78, 5) is 11.3. The van der Waals surface area contributed by atoms with E-state index in [4.69, 9.17) is 0 Å². The van der Waals surface area contributed by atoms with Crippen LogP contribution in [-0.4, -0.2) is 11.1 Å². The summed E-state index contributed by atoms with van der Waals surface area (Å²) < 4.78 is 40.3. The van der Waals surface area contributed by atoms with Crippen molar-refractivity contribution in [2.45, 2.75) is 12.8 Å². The van der Waals surface area contributed by atoms with Crippen LogP contribution >= 0.6 is 0 Å². The Morgan fingerprint density at radius 1 is 0.952 bits per heavy atom. The first-order valence-electron chi connectivity index (χ1n) is 6.37. The van der Waals surface area contributed by atoms with Crippen LogP contribution in [0.1, 0.15) is 11.1 Å². The van der Waals surface area contributed by atoms with Crippen LogP contribution in [0.25, 0.3) is 0 Å². The molecule has 0 radical (unpaired) electrons. The maximum absolute atomic E-state index is 13.6. The number of carboxylic acid groups (broad SMARTS) is 1. The summed E-state index contributed by atoms with van der Waals surface area (Å²) in [5.41, 5.74) is 0.209. The van der Waals surface area contributed by atoms with E-state index in [0.29, 0.717) is 0 Å². The highest BCUT2D eigenvalue weighted by Crippen LogP contribution is 2.20. The molecule has 21 heavy (non-hydrogen) atoms. The van der Waals surface area contributed by atoms with Gasteiger partial charge in [-0.25, -0.2) is 13.2 Å². The van der Waals surface area contributed by atoms with Crippen molar-refractivity contribution in [1.29, 1.82) is 0 Å². The first-order valence-corrected chi connectivity index (χ1v) is 6.37. The van der Waals surface area contributed by atoms with Gasteiger partial charge in [-0.05, 0) is 48.2 Å². The number of carbonyl (C=O) groups is 1. The van der Waals surface area contributed by atoms with Crippen LogP contribution in [0.5, 0.6) is 0 Å². The Morgan fingerprint density at radius 3 is 2.24 bits per heavy atom. The molecule has 0 aromatic heterocycles. The molecule has 0 heterocycles. The second-order valence-electron chi connectivity index (χ2n) is 4.77. The van der Waals surface area contributed by atoms with Gasteiger partial charge in [0.25, 0.3) is 0 Å². The van der Waals surface area contributed by atoms with E-state index in [2.05, 4.69) is 0 Å². The molecule has 0 bridgehead atoms. The molecule has 0 aliphatic heterocycles. The Hall–Kier alpha value is -2.30. The van der Waals surface area contributed by atoms with E-state index < -0.39 is 29.3 Å². The Labute approximate surface area is 119 Å². The average Bonchev–Trinajstić information content (AvgIpc) is 2.44. The lowest BCUT2D eigenvalue weighted by Gasteiger charge is -2.13. The van der Waals surface area contributed by atoms with Crippen molar-refractivity contribution in [3.8, 4) is 0 Å². The molecule has 2 nitrogen and oxygen atoms in total. The van der Waals surface area contributed by atoms with E-state index in [1.54, 1.807) is 6.07 Å². The molecule has 5 heteroatoms. The minimum atomic E-state index is -1.18. The normalized spacial score (nSPS) is 12.1. The molecule has 2 aromatic rings. The summed E-state index contributed by atoms with van der Waals surface area (Å²) in [5, 5.41) is 9.21. The number of halogens is 3. The summed E-state index contributed by atoms with van der Waals surface area (Å²) in [6, 6.07) is 8.69. The minimum Gasteiger partial charge on any atom is -0.481 e. The van der Waals surface area contributed by atoms with Crippen LogP contribution in [0, 0.1) is 23.4 Å². The van der Waals surface area contributed by atoms with Gasteiger partial charge in [0.2, 0.25) is 0 Å². The number of hydrogen-bond donors (Lipinski definition) is 1. The molecule has 1 unspecified atom stereocenters. The summed E-state index contributed by atoms with van der Waals surface area (Å²) in [5.74, 6) is -4.03. The third-order valence-corrected chi connectivity index (χ3v) is 3.25. The van der Waals surface area contributed by atoms with Crippen molar-refractivity contribution in [2.24, 2.45) is 5.92 Å². The Kier molecular flexibility index (Phi) is 4.62. The lowest BCUT2D eigenvalue weighted by Crippen LogP contribution is -2.20. The largest absolute Gasteiger partial charge is 0.481 e. The van der Waals surface area contributed by atoms with Crippen LogP contribution in [0.3, 0.4) is 0 Å². The molecule has 2 rings (SSSR count). The first-order chi connectivity index (χ1) is 9.97. The Morgan fingerprint density at radius 2 is 1.57 bits per heavy atom. The number of benzene rings is 2. The molecule has 0 aliphatic carbocycles. The van der Waals surface area contributed by atoms with E-state index in [-0.39, 0.29) is 24.0 Å². The maximum atomic E-state index is 13.6. The zero-order chi connectivity index (χ0) is 15.4. The van der Waals surface area contributed by atoms with E-state index in [1.807, 2.05) is 0 Å². The molecule has 0 saturated heterocycles. The van der Waals surface area contributed by atoms with Gasteiger partial charge in [0.05, 0.1) is 5.92 Å². The van der Waals surface area contributed by atoms with E-state index in [9.17, 15) is 23.1 Å². The molecule has 0 saturated carbocycles. The molecule has 1 atom stereocenters. The van der Waals surface area contributed by atoms with Crippen LogP contribution < -0.4 is 0 Å². The van der Waals surface area contributed by atoms with Crippen LogP contribution in [-0.2, 0) is 17.6 Å². The maximum Gasteiger partial charge on any atom is 0.307 e. The molecule has 0 aliphatic rings. The monoisotopic (exact) mass is 294 g/mol. The second kappa shape index (κ2) is 6.43. The highest BCUT2D eigenvalue weighted by atomic mass is 19.1. The third kappa shape index (κ3) is 3.84. The fourth-order valence-corrected chi connectivity index (χ4v) is 2.14. The van der Waals surface area contributed by atoms with E-state index in [0.717, 1.165) is 18.2 Å². The van der Waals surface area contributed by atoms with E-state index in [1.165, 1.54) is 18.2 Å². The van der Waals surface area contributed by atoms with Crippen molar-refractivity contribution in [3.05, 3.63) is 71.0 Å². The number of aliphatic carboxylic acids is 1. The van der Waals surface area contributed by atoms with Gasteiger partial charge in [0.15, 0.2) is 0 Å². The SMILES string of the molecule is O=C(O)C(Cc1ccccc1F)Cc1cc(F)ccc1F. The van der Waals surface area contributed by atoms with Crippen molar-refractivity contribution in [3.63, 3.8) is 0 Å². The van der Waals surface area contributed by atoms with Crippen molar-refractivity contribution in [1.82, 2.24) is 0 Å². The van der Waals surface area contributed by atoms with Gasteiger partial charge in [-0.3, -0.25) is 4.79 Å². The van der Waals surface area contributed by atoms with Crippen LogP contribution in [0.4, 0.5) is 13.2 Å². The number of rotatable bonds is 5. The van der Waals surface area contributed by atoms with Gasteiger partial charge in [-0.1, -0.05) is 18.2 Å². The molecular formula is C16H13F3O2. The predicted octanol–water partition coefficient (Wildman–Crippen LogP) is 3.59. The van der Waals surface area contributed by atoms with Crippen molar-refractivity contribution in [2.75, 3.05) is 0 Å². The average molecular weight is 294 g/mol. The first kappa shape index (κ1) is 15.1. The van der Waals surface area contributed by atoms with Gasteiger partial charge in [0, 0.05) is 0 Å². The van der Waals surface area contributed by atoms with Crippen molar-refractivity contribution >= 4 is 5.97 Å². The smallest absolute Gasteiger partial charge is 0.307 e. The van der Waals surface area contributed by atoms with Gasteiger partial charge < -0.3 is 5.11 Å². The zero-order valence-corrected chi connectivity index (χ0v) is 11.0. The third-order valence-electron chi connectivity index (χ3n) is 3.25. The van der Waals surface area contributed by atoms with E-state index >= 15 is 0 Å². The second-order valence-corrected chi connectivity index (χ2v) is 4.77. The molecule has 0 spiro atoms. The standard InChI is InChI=1S/C16H13F3O2/c17-13-5-6-15(19)11(9-13)8-12(16(20)21)7-10-3-1-2-4-14(10)18/h1-6,9,12H,7-8H2,(H,20,21). The van der Waals surface area contributed by atoms with Gasteiger partial charge in [0.1, 0.15) is 17.5 Å². The molecular weight excluding hydrogens is 281 g/mol. The van der Waals surface area contributed by atoms with Crippen LogP contribution in [0.2, 0.25) is 0 Å². The Bertz CT molecular complexity index is 656. The highest BCUT2D eigenvalue weighted by molar-refractivity contribution is 5.71. The topological polar surface area (TPSA) is 37.3 Å². The molecule has 0 fully saturated rings. The summed E-state index contributed by atoms with van der Waals surface area (Å²) in [7, 11) is 0. The predicted molar refractivity (Wildman–Crippen MR) is 71.3 cm³/mol. The summed E-state index contributed by atoms with van der Waals surface area (Å²) in [6.07, 6.45) is -0.286. The molecule has 2 aromatic carbocycles. The zero-order valence-electron chi connectivity index (χ0n) is 11.0. The van der Waals surface area contributed by atoms with Crippen LogP contribution in [0.15, 0.2) is 42.5 Å². The van der Waals surface area contributed by atoms with Crippen molar-refractivity contribution < 1.29 is 23.1 Å². The van der Waals surface area contributed by atoms with Gasteiger partial charge in [-0.15, -0.1) is 0 Å². The minimum absolute atomic E-state index is 0.0289. The lowest BCUT2D eigenvalue weighted by molar-refractivity contribution is -0.141. The summed E-state index contributed by atoms with van der Waals surface area (Å²) >= 11 is 0. The number of hydrogen-bond acceptors (Lipinski definition) is 1. The lowest BCUT2D eigenvalue weighted by atomic mass is 9.92. The molecule has 1 N–H and O–H groups in total. The summed E-state index contributed by atoms with van der Waals surface area (Å²) in [6.45, 7) is 0. The Balaban J connectivity index is 2.22. The quantitative estimate of drug-likeness (QED) is 0.915. The van der Waals surface area contributed by atoms with Gasteiger partial charge >= 0.3 is 5.97 Å². The molecule has 110 valence electrons. The molecule has 0 amide bonds. The fraction of sp³-hybridized carbons (Fsp3) is 0.188. The highest BCUT2D eigenvalue weighted by Gasteiger charge is 2.22.